The fourth-order valence-electron chi connectivity index (χ4n) is 3.16. The lowest BCUT2D eigenvalue weighted by molar-refractivity contribution is 0.124. The number of nitrogens with zero attached hydrogens (tertiary/aromatic N) is 1. The maximum absolute atomic E-state index is 6.11. The molecule has 0 aliphatic carbocycles. The van der Waals surface area contributed by atoms with Crippen molar-refractivity contribution in [2.45, 2.75) is 32.7 Å². The zero-order valence-corrected chi connectivity index (χ0v) is 12.9. The molecule has 0 saturated carbocycles. The topological polar surface area (TPSA) is 29.3 Å². The Morgan fingerprint density at radius 1 is 1.00 bits per heavy atom. The maximum Gasteiger partial charge on any atom is 0.0343 e. The van der Waals surface area contributed by atoms with E-state index in [0.717, 1.165) is 19.5 Å². The van der Waals surface area contributed by atoms with Crippen LogP contribution in [0, 0.1) is 0 Å². The highest BCUT2D eigenvalue weighted by Crippen LogP contribution is 2.25. The van der Waals surface area contributed by atoms with Crippen molar-refractivity contribution in [3.8, 4) is 0 Å². The number of rotatable bonds is 6. The van der Waals surface area contributed by atoms with E-state index in [9.17, 15) is 0 Å². The smallest absolute Gasteiger partial charge is 0.0343 e. The van der Waals surface area contributed by atoms with E-state index in [1.54, 1.807) is 0 Å². The molecule has 0 aliphatic rings. The van der Waals surface area contributed by atoms with E-state index in [0.29, 0.717) is 6.54 Å². The van der Waals surface area contributed by atoms with Crippen molar-refractivity contribution in [2.24, 2.45) is 5.73 Å². The van der Waals surface area contributed by atoms with Crippen LogP contribution in [0.4, 0.5) is 0 Å². The molecule has 2 heteroatoms. The fourth-order valence-corrected chi connectivity index (χ4v) is 3.16. The Bertz CT molecular complexity index is 555. The molecule has 0 bridgehead atoms. The molecule has 0 fully saturated rings. The van der Waals surface area contributed by atoms with Gasteiger partial charge in [0, 0.05) is 12.1 Å². The fraction of sp³-hybridized carbons (Fsp3) is 0.444. The summed E-state index contributed by atoms with van der Waals surface area (Å²) in [6.45, 7) is 9.45. The van der Waals surface area contributed by atoms with Gasteiger partial charge >= 0.3 is 0 Å². The largest absolute Gasteiger partial charge is 0.329 e. The number of nitrogens with two attached hydrogens (primary N) is 1. The standard InChI is InChI=1S/C18H26N2/c1-4-20(5-2)18(3,14-19)13-16-11-8-10-15-9-6-7-12-17(15)16/h6-12H,4-5,13-14,19H2,1-3H3. The molecule has 0 saturated heterocycles. The molecule has 108 valence electrons. The lowest BCUT2D eigenvalue weighted by Gasteiger charge is -2.40. The summed E-state index contributed by atoms with van der Waals surface area (Å²) in [7, 11) is 0. The lowest BCUT2D eigenvalue weighted by Crippen LogP contribution is -2.53. The van der Waals surface area contributed by atoms with Crippen molar-refractivity contribution in [1.29, 1.82) is 0 Å². The molecule has 2 N–H and O–H groups in total. The van der Waals surface area contributed by atoms with E-state index in [2.05, 4.69) is 68.1 Å². The van der Waals surface area contributed by atoms with Crippen LogP contribution < -0.4 is 5.73 Å². The van der Waals surface area contributed by atoms with Crippen LogP contribution in [0.1, 0.15) is 26.3 Å². The van der Waals surface area contributed by atoms with E-state index in [1.807, 2.05) is 0 Å². The number of benzene rings is 2. The number of fused-ring (bicyclic) bond motifs is 1. The molecule has 2 nitrogen and oxygen atoms in total. The first-order chi connectivity index (χ1) is 9.64. The van der Waals surface area contributed by atoms with Gasteiger partial charge in [-0.2, -0.15) is 0 Å². The van der Waals surface area contributed by atoms with Crippen LogP contribution in [-0.4, -0.2) is 30.1 Å². The third-order valence-electron chi connectivity index (χ3n) is 4.42. The second kappa shape index (κ2) is 6.38. The molecule has 1 atom stereocenters. The summed E-state index contributed by atoms with van der Waals surface area (Å²) in [6, 6.07) is 15.2. The summed E-state index contributed by atoms with van der Waals surface area (Å²) < 4.78 is 0. The first kappa shape index (κ1) is 15.0. The molecule has 0 spiro atoms. The predicted molar refractivity (Wildman–Crippen MR) is 88.0 cm³/mol. The summed E-state index contributed by atoms with van der Waals surface area (Å²) in [4.78, 5) is 2.47. The normalized spacial score (nSPS) is 14.7. The van der Waals surface area contributed by atoms with Gasteiger partial charge in [-0.1, -0.05) is 56.3 Å². The first-order valence-electron chi connectivity index (χ1n) is 7.56. The van der Waals surface area contributed by atoms with Crippen LogP contribution in [0.2, 0.25) is 0 Å². The molecule has 2 rings (SSSR count). The van der Waals surface area contributed by atoms with Gasteiger partial charge in [0.25, 0.3) is 0 Å². The minimum absolute atomic E-state index is 0.0215. The third-order valence-corrected chi connectivity index (χ3v) is 4.42. The van der Waals surface area contributed by atoms with E-state index in [-0.39, 0.29) is 5.54 Å². The van der Waals surface area contributed by atoms with Crippen LogP contribution in [0.25, 0.3) is 10.8 Å². The van der Waals surface area contributed by atoms with Crippen LogP contribution in [-0.2, 0) is 6.42 Å². The molecular weight excluding hydrogens is 244 g/mol. The summed E-state index contributed by atoms with van der Waals surface area (Å²) in [6.07, 6.45) is 0.993. The van der Waals surface area contributed by atoms with Crippen LogP contribution in [0.5, 0.6) is 0 Å². The molecule has 2 aromatic carbocycles. The van der Waals surface area contributed by atoms with Gasteiger partial charge in [0.1, 0.15) is 0 Å². The van der Waals surface area contributed by atoms with E-state index in [1.165, 1.54) is 16.3 Å². The molecular formula is C18H26N2. The van der Waals surface area contributed by atoms with Crippen molar-refractivity contribution in [1.82, 2.24) is 4.90 Å². The van der Waals surface area contributed by atoms with Crippen molar-refractivity contribution < 1.29 is 0 Å². The summed E-state index contributed by atoms with van der Waals surface area (Å²) >= 11 is 0. The summed E-state index contributed by atoms with van der Waals surface area (Å²) in [5, 5.41) is 2.66. The molecule has 1 unspecified atom stereocenters. The Kier molecular flexibility index (Phi) is 4.79. The Morgan fingerprint density at radius 3 is 2.30 bits per heavy atom. The van der Waals surface area contributed by atoms with Gasteiger partial charge in [-0.3, -0.25) is 4.90 Å². The monoisotopic (exact) mass is 270 g/mol. The third kappa shape index (κ3) is 2.87. The SMILES string of the molecule is CCN(CC)C(C)(CN)Cc1cccc2ccccc12. The van der Waals surface area contributed by atoms with Crippen molar-refractivity contribution >= 4 is 10.8 Å². The Balaban J connectivity index is 2.39. The average Bonchev–Trinajstić information content (AvgIpc) is 2.49. The van der Waals surface area contributed by atoms with Crippen LogP contribution in [0.15, 0.2) is 42.5 Å². The summed E-state index contributed by atoms with van der Waals surface area (Å²) in [5.41, 5.74) is 7.52. The Hall–Kier alpha value is -1.38. The quantitative estimate of drug-likeness (QED) is 0.871. The highest BCUT2D eigenvalue weighted by atomic mass is 15.2. The zero-order chi connectivity index (χ0) is 14.6. The minimum Gasteiger partial charge on any atom is -0.329 e. The highest BCUT2D eigenvalue weighted by molar-refractivity contribution is 5.85. The molecule has 0 amide bonds. The van der Waals surface area contributed by atoms with Gasteiger partial charge in [-0.15, -0.1) is 0 Å². The molecule has 2 aromatic rings. The van der Waals surface area contributed by atoms with Gasteiger partial charge in [0.15, 0.2) is 0 Å². The van der Waals surface area contributed by atoms with E-state index in [4.69, 9.17) is 5.73 Å². The second-order valence-electron chi connectivity index (χ2n) is 5.69. The maximum atomic E-state index is 6.11. The van der Waals surface area contributed by atoms with E-state index >= 15 is 0 Å². The molecule has 0 heterocycles. The van der Waals surface area contributed by atoms with Gasteiger partial charge in [-0.25, -0.2) is 0 Å². The number of hydrogen-bond acceptors (Lipinski definition) is 2. The van der Waals surface area contributed by atoms with Gasteiger partial charge in [-0.05, 0) is 42.8 Å². The van der Waals surface area contributed by atoms with Crippen molar-refractivity contribution in [2.75, 3.05) is 19.6 Å². The second-order valence-corrected chi connectivity index (χ2v) is 5.69. The number of hydrogen-bond donors (Lipinski definition) is 1. The first-order valence-corrected chi connectivity index (χ1v) is 7.56. The minimum atomic E-state index is 0.0215. The van der Waals surface area contributed by atoms with E-state index < -0.39 is 0 Å². The molecule has 0 radical (unpaired) electrons. The predicted octanol–water partition coefficient (Wildman–Crippen LogP) is 3.44. The molecule has 20 heavy (non-hydrogen) atoms. The lowest BCUT2D eigenvalue weighted by atomic mass is 9.88. The number of likely N-dealkylation sites (N-methyl/N-ethyl adjacent to an activating group) is 1. The van der Waals surface area contributed by atoms with Gasteiger partial charge in [0.05, 0.1) is 0 Å². The Labute approximate surface area is 122 Å². The van der Waals surface area contributed by atoms with Crippen LogP contribution >= 0.6 is 0 Å². The highest BCUT2D eigenvalue weighted by Gasteiger charge is 2.29. The zero-order valence-electron chi connectivity index (χ0n) is 12.9. The van der Waals surface area contributed by atoms with Crippen molar-refractivity contribution in [3.63, 3.8) is 0 Å². The van der Waals surface area contributed by atoms with Crippen molar-refractivity contribution in [3.05, 3.63) is 48.0 Å². The summed E-state index contributed by atoms with van der Waals surface area (Å²) in [5.74, 6) is 0. The van der Waals surface area contributed by atoms with Gasteiger partial charge in [0.2, 0.25) is 0 Å². The van der Waals surface area contributed by atoms with Crippen LogP contribution in [0.3, 0.4) is 0 Å². The molecule has 0 aliphatic heterocycles. The van der Waals surface area contributed by atoms with Gasteiger partial charge < -0.3 is 5.73 Å². The average molecular weight is 270 g/mol. The molecule has 0 aromatic heterocycles. The Morgan fingerprint density at radius 2 is 1.65 bits per heavy atom.